The van der Waals surface area contributed by atoms with Crippen LogP contribution in [0.5, 0.6) is 5.75 Å². The van der Waals surface area contributed by atoms with Crippen molar-refractivity contribution in [2.75, 3.05) is 12.4 Å². The fourth-order valence-electron chi connectivity index (χ4n) is 2.28. The fraction of sp³-hybridized carbons (Fsp3) is 0.250. The molecule has 7 nitrogen and oxygen atoms in total. The number of imidazole rings is 1. The highest BCUT2D eigenvalue weighted by atomic mass is 19.1. The van der Waals surface area contributed by atoms with Crippen molar-refractivity contribution in [3.63, 3.8) is 0 Å². The van der Waals surface area contributed by atoms with Crippen LogP contribution in [0.3, 0.4) is 0 Å². The van der Waals surface area contributed by atoms with Crippen LogP contribution in [0.2, 0.25) is 0 Å². The monoisotopic (exact) mass is 329 g/mol. The Morgan fingerprint density at radius 2 is 1.96 bits per heavy atom. The number of amides is 1. The normalized spacial score (nSPS) is 11.0. The summed E-state index contributed by atoms with van der Waals surface area (Å²) in [6.45, 7) is 3.85. The van der Waals surface area contributed by atoms with Crippen molar-refractivity contribution in [1.82, 2.24) is 19.5 Å². The number of anilines is 1. The van der Waals surface area contributed by atoms with Crippen molar-refractivity contribution in [3.05, 3.63) is 42.2 Å². The van der Waals surface area contributed by atoms with Crippen molar-refractivity contribution in [2.24, 2.45) is 0 Å². The van der Waals surface area contributed by atoms with E-state index < -0.39 is 12.0 Å². The van der Waals surface area contributed by atoms with Crippen molar-refractivity contribution in [2.45, 2.75) is 19.9 Å². The first-order valence-electron chi connectivity index (χ1n) is 7.35. The van der Waals surface area contributed by atoms with Gasteiger partial charge in [0.25, 0.3) is 5.91 Å². The number of hydrogen-bond acceptors (Lipinski definition) is 5. The van der Waals surface area contributed by atoms with Crippen molar-refractivity contribution in [3.8, 4) is 5.75 Å². The quantitative estimate of drug-likeness (QED) is 0.744. The van der Waals surface area contributed by atoms with E-state index in [2.05, 4.69) is 20.3 Å². The zero-order valence-corrected chi connectivity index (χ0v) is 13.4. The second-order valence-electron chi connectivity index (χ2n) is 5.44. The summed E-state index contributed by atoms with van der Waals surface area (Å²) in [5.41, 5.74) is 1.07. The van der Waals surface area contributed by atoms with Crippen molar-refractivity contribution in [1.29, 1.82) is 0 Å². The van der Waals surface area contributed by atoms with Crippen LogP contribution in [0.4, 0.5) is 10.2 Å². The molecule has 0 spiro atoms. The third-order valence-electron chi connectivity index (χ3n) is 3.53. The molecule has 0 aliphatic heterocycles. The average molecular weight is 329 g/mol. The molecule has 2 aromatic heterocycles. The predicted molar refractivity (Wildman–Crippen MR) is 86.6 cm³/mol. The lowest BCUT2D eigenvalue weighted by molar-refractivity contribution is 0.102. The number of carbonyl (C=O) groups is 1. The SMILES string of the molecule is COc1ccc(C(=O)Nc2nc(F)nc3c2ncn3C(C)C)cc1. The lowest BCUT2D eigenvalue weighted by Crippen LogP contribution is -2.14. The van der Waals surface area contributed by atoms with E-state index in [1.165, 1.54) is 0 Å². The minimum absolute atomic E-state index is 0.0396. The number of nitrogens with one attached hydrogen (secondary N) is 1. The molecular weight excluding hydrogens is 313 g/mol. The van der Waals surface area contributed by atoms with Gasteiger partial charge in [-0.05, 0) is 38.1 Å². The zero-order valence-electron chi connectivity index (χ0n) is 13.4. The fourth-order valence-corrected chi connectivity index (χ4v) is 2.28. The molecule has 124 valence electrons. The van der Waals surface area contributed by atoms with E-state index in [1.807, 2.05) is 13.8 Å². The van der Waals surface area contributed by atoms with E-state index in [-0.39, 0.29) is 11.9 Å². The molecule has 0 aliphatic carbocycles. The van der Waals surface area contributed by atoms with Gasteiger partial charge >= 0.3 is 6.08 Å². The van der Waals surface area contributed by atoms with Crippen LogP contribution < -0.4 is 10.1 Å². The van der Waals surface area contributed by atoms with Gasteiger partial charge in [0.1, 0.15) is 5.75 Å². The van der Waals surface area contributed by atoms with Crippen LogP contribution in [0.15, 0.2) is 30.6 Å². The van der Waals surface area contributed by atoms with Crippen molar-refractivity contribution >= 4 is 22.9 Å². The number of aromatic nitrogens is 4. The lowest BCUT2D eigenvalue weighted by atomic mass is 10.2. The maximum atomic E-state index is 13.7. The second-order valence-corrected chi connectivity index (χ2v) is 5.44. The van der Waals surface area contributed by atoms with Gasteiger partial charge in [-0.2, -0.15) is 14.4 Å². The van der Waals surface area contributed by atoms with Gasteiger partial charge < -0.3 is 14.6 Å². The van der Waals surface area contributed by atoms with Gasteiger partial charge in [-0.25, -0.2) is 4.98 Å². The molecule has 0 saturated heterocycles. The number of nitrogens with zero attached hydrogens (tertiary/aromatic N) is 4. The molecule has 0 saturated carbocycles. The molecular formula is C16H16FN5O2. The minimum Gasteiger partial charge on any atom is -0.497 e. The Hall–Kier alpha value is -3.03. The maximum Gasteiger partial charge on any atom is 0.312 e. The lowest BCUT2D eigenvalue weighted by Gasteiger charge is -2.08. The molecule has 2 heterocycles. The van der Waals surface area contributed by atoms with Gasteiger partial charge in [0.05, 0.1) is 13.4 Å². The number of ether oxygens (including phenoxy) is 1. The molecule has 3 aromatic rings. The van der Waals surface area contributed by atoms with E-state index in [9.17, 15) is 9.18 Å². The van der Waals surface area contributed by atoms with Gasteiger partial charge in [0.2, 0.25) is 0 Å². The summed E-state index contributed by atoms with van der Waals surface area (Å²) in [7, 11) is 1.54. The molecule has 8 heteroatoms. The number of carbonyl (C=O) groups excluding carboxylic acids is 1. The Balaban J connectivity index is 1.95. The second kappa shape index (κ2) is 6.23. The summed E-state index contributed by atoms with van der Waals surface area (Å²) in [5.74, 6) is 0.256. The third kappa shape index (κ3) is 2.90. The zero-order chi connectivity index (χ0) is 17.3. The minimum atomic E-state index is -0.921. The van der Waals surface area contributed by atoms with E-state index in [0.717, 1.165) is 0 Å². The summed E-state index contributed by atoms with van der Waals surface area (Å²) >= 11 is 0. The van der Waals surface area contributed by atoms with E-state index in [0.29, 0.717) is 22.5 Å². The Bertz CT molecular complexity index is 889. The Morgan fingerprint density at radius 3 is 2.58 bits per heavy atom. The van der Waals surface area contributed by atoms with Gasteiger partial charge in [-0.1, -0.05) is 0 Å². The Morgan fingerprint density at radius 1 is 1.25 bits per heavy atom. The molecule has 1 aromatic carbocycles. The molecule has 1 N–H and O–H groups in total. The van der Waals surface area contributed by atoms with Crippen LogP contribution in [-0.2, 0) is 0 Å². The van der Waals surface area contributed by atoms with Gasteiger partial charge in [0.15, 0.2) is 17.0 Å². The number of halogens is 1. The number of benzene rings is 1. The maximum absolute atomic E-state index is 13.7. The summed E-state index contributed by atoms with van der Waals surface area (Å²) < 4.78 is 20.5. The molecule has 24 heavy (non-hydrogen) atoms. The molecule has 0 aliphatic rings. The van der Waals surface area contributed by atoms with Crippen molar-refractivity contribution < 1.29 is 13.9 Å². The smallest absolute Gasteiger partial charge is 0.312 e. The number of rotatable bonds is 4. The highest BCUT2D eigenvalue weighted by Gasteiger charge is 2.17. The highest BCUT2D eigenvalue weighted by Crippen LogP contribution is 2.22. The number of fused-ring (bicyclic) bond motifs is 1. The Kier molecular flexibility index (Phi) is 4.11. The van der Waals surface area contributed by atoms with Crippen LogP contribution in [-0.4, -0.2) is 32.5 Å². The first-order valence-corrected chi connectivity index (χ1v) is 7.35. The van der Waals surface area contributed by atoms with E-state index in [4.69, 9.17) is 4.74 Å². The largest absolute Gasteiger partial charge is 0.497 e. The summed E-state index contributed by atoms with van der Waals surface area (Å²) in [6, 6.07) is 6.59. The summed E-state index contributed by atoms with van der Waals surface area (Å²) in [5, 5.41) is 2.59. The average Bonchev–Trinajstić information content (AvgIpc) is 2.99. The first-order chi connectivity index (χ1) is 11.5. The third-order valence-corrected chi connectivity index (χ3v) is 3.53. The number of hydrogen-bond donors (Lipinski definition) is 1. The molecule has 1 amide bonds. The van der Waals surface area contributed by atoms with Crippen LogP contribution in [0.25, 0.3) is 11.2 Å². The summed E-state index contributed by atoms with van der Waals surface area (Å²) in [6.07, 6.45) is 0.627. The number of methoxy groups -OCH3 is 1. The molecule has 0 radical (unpaired) electrons. The van der Waals surface area contributed by atoms with E-state index in [1.54, 1.807) is 42.3 Å². The van der Waals surface area contributed by atoms with E-state index >= 15 is 0 Å². The molecule has 0 bridgehead atoms. The molecule has 0 atom stereocenters. The van der Waals surface area contributed by atoms with Crippen LogP contribution >= 0.6 is 0 Å². The topological polar surface area (TPSA) is 81.9 Å². The molecule has 3 rings (SSSR count). The predicted octanol–water partition coefficient (Wildman–Crippen LogP) is 2.81. The highest BCUT2D eigenvalue weighted by molar-refractivity contribution is 6.06. The van der Waals surface area contributed by atoms with Gasteiger partial charge in [-0.3, -0.25) is 4.79 Å². The first kappa shape index (κ1) is 15.9. The standard InChI is InChI=1S/C16H16FN5O2/c1-9(2)22-8-18-12-13(20-16(17)21-14(12)22)19-15(23)10-4-6-11(24-3)7-5-10/h4-9H,1-3H3,(H,19,20,21,23). The summed E-state index contributed by atoms with van der Waals surface area (Å²) in [4.78, 5) is 24.0. The molecule has 0 unspecified atom stereocenters. The van der Waals surface area contributed by atoms with Crippen LogP contribution in [0.1, 0.15) is 30.2 Å². The Labute approximate surface area is 137 Å². The van der Waals surface area contributed by atoms with Gasteiger partial charge in [0, 0.05) is 11.6 Å². The molecule has 0 fully saturated rings. The van der Waals surface area contributed by atoms with Gasteiger partial charge in [-0.15, -0.1) is 0 Å². The van der Waals surface area contributed by atoms with Crippen LogP contribution in [0, 0.1) is 6.08 Å².